The molecule has 0 saturated carbocycles. The van der Waals surface area contributed by atoms with E-state index in [2.05, 4.69) is 6.07 Å². The van der Waals surface area contributed by atoms with E-state index in [1.807, 2.05) is 0 Å². The van der Waals surface area contributed by atoms with Crippen molar-refractivity contribution in [1.82, 2.24) is 0 Å². The number of thiophene rings is 1. The molecule has 4 heteroatoms. The smallest absolute Gasteiger partial charge is 0.345 e. The van der Waals surface area contributed by atoms with E-state index in [1.54, 1.807) is 19.9 Å². The number of nitriles is 1. The van der Waals surface area contributed by atoms with Crippen molar-refractivity contribution in [3.05, 3.63) is 21.9 Å². The van der Waals surface area contributed by atoms with Crippen LogP contribution in [0.15, 0.2) is 12.1 Å². The van der Waals surface area contributed by atoms with Gasteiger partial charge in [0, 0.05) is 4.88 Å². The number of carbonyl (C=O) groups is 1. The first-order chi connectivity index (χ1) is 5.97. The van der Waals surface area contributed by atoms with Gasteiger partial charge in [0.25, 0.3) is 0 Å². The minimum absolute atomic E-state index is 0.276. The van der Waals surface area contributed by atoms with E-state index >= 15 is 0 Å². The third-order valence-electron chi connectivity index (χ3n) is 1.71. The van der Waals surface area contributed by atoms with E-state index < -0.39 is 11.4 Å². The lowest BCUT2D eigenvalue weighted by Crippen LogP contribution is -2.11. The van der Waals surface area contributed by atoms with Crippen molar-refractivity contribution < 1.29 is 9.90 Å². The van der Waals surface area contributed by atoms with Gasteiger partial charge in [-0.1, -0.05) is 0 Å². The summed E-state index contributed by atoms with van der Waals surface area (Å²) in [7, 11) is 0. The van der Waals surface area contributed by atoms with Gasteiger partial charge in [-0.15, -0.1) is 11.3 Å². The van der Waals surface area contributed by atoms with Gasteiger partial charge in [0.05, 0.1) is 11.5 Å². The van der Waals surface area contributed by atoms with E-state index in [4.69, 9.17) is 10.4 Å². The second-order valence-electron chi connectivity index (χ2n) is 3.21. The Labute approximate surface area is 80.2 Å². The molecule has 0 bridgehead atoms. The molecule has 0 radical (unpaired) electrons. The standard InChI is InChI=1S/C9H9NO2S/c1-9(2,5-10)7-4-3-6(13-7)8(11)12/h3-4H,1-2H3,(H,11,12). The van der Waals surface area contributed by atoms with Crippen molar-refractivity contribution in [3.8, 4) is 6.07 Å². The maximum atomic E-state index is 10.6. The van der Waals surface area contributed by atoms with Crippen molar-refractivity contribution >= 4 is 17.3 Å². The summed E-state index contributed by atoms with van der Waals surface area (Å²) in [4.78, 5) is 11.6. The Morgan fingerprint density at radius 2 is 2.23 bits per heavy atom. The van der Waals surface area contributed by atoms with Crippen LogP contribution in [-0.4, -0.2) is 11.1 Å². The molecule has 1 N–H and O–H groups in total. The Balaban J connectivity index is 3.07. The van der Waals surface area contributed by atoms with Gasteiger partial charge in [-0.2, -0.15) is 5.26 Å². The molecule has 13 heavy (non-hydrogen) atoms. The molecule has 0 fully saturated rings. The molecule has 3 nitrogen and oxygen atoms in total. The quantitative estimate of drug-likeness (QED) is 0.787. The highest BCUT2D eigenvalue weighted by Crippen LogP contribution is 2.29. The van der Waals surface area contributed by atoms with Crippen LogP contribution in [0.1, 0.15) is 28.4 Å². The summed E-state index contributed by atoms with van der Waals surface area (Å²) in [5.74, 6) is -0.940. The van der Waals surface area contributed by atoms with Gasteiger partial charge >= 0.3 is 5.97 Å². The van der Waals surface area contributed by atoms with E-state index in [-0.39, 0.29) is 4.88 Å². The Morgan fingerprint density at radius 1 is 1.62 bits per heavy atom. The molecule has 1 aromatic heterocycles. The number of aromatic carboxylic acids is 1. The SMILES string of the molecule is CC(C)(C#N)c1ccc(C(=O)O)s1. The van der Waals surface area contributed by atoms with Gasteiger partial charge < -0.3 is 5.11 Å². The molecule has 0 aliphatic carbocycles. The van der Waals surface area contributed by atoms with Crippen molar-refractivity contribution in [2.45, 2.75) is 19.3 Å². The highest BCUT2D eigenvalue weighted by Gasteiger charge is 2.22. The fraction of sp³-hybridized carbons (Fsp3) is 0.333. The van der Waals surface area contributed by atoms with Crippen LogP contribution in [0.3, 0.4) is 0 Å². The van der Waals surface area contributed by atoms with Gasteiger partial charge in [-0.05, 0) is 26.0 Å². The third kappa shape index (κ3) is 1.87. The highest BCUT2D eigenvalue weighted by molar-refractivity contribution is 7.14. The van der Waals surface area contributed by atoms with Crippen LogP contribution in [0.2, 0.25) is 0 Å². The zero-order valence-corrected chi connectivity index (χ0v) is 8.18. The number of rotatable bonds is 2. The molecule has 0 spiro atoms. The Hall–Kier alpha value is -1.34. The summed E-state index contributed by atoms with van der Waals surface area (Å²) in [6, 6.07) is 5.35. The molecule has 0 aliphatic rings. The third-order valence-corrected chi connectivity index (χ3v) is 3.11. The summed E-state index contributed by atoms with van der Waals surface area (Å²) in [6.45, 7) is 3.54. The second kappa shape index (κ2) is 3.19. The first-order valence-electron chi connectivity index (χ1n) is 3.72. The van der Waals surface area contributed by atoms with Crippen molar-refractivity contribution in [2.75, 3.05) is 0 Å². The van der Waals surface area contributed by atoms with Crippen molar-refractivity contribution in [1.29, 1.82) is 5.26 Å². The van der Waals surface area contributed by atoms with E-state index in [9.17, 15) is 4.79 Å². The molecule has 0 aromatic carbocycles. The lowest BCUT2D eigenvalue weighted by molar-refractivity contribution is 0.0702. The van der Waals surface area contributed by atoms with Gasteiger partial charge in [0.1, 0.15) is 4.88 Å². The molecule has 1 rings (SSSR count). The summed E-state index contributed by atoms with van der Waals surface area (Å²) < 4.78 is 0. The van der Waals surface area contributed by atoms with Gasteiger partial charge in [0.2, 0.25) is 0 Å². The number of carboxylic acids is 1. The Bertz CT molecular complexity index is 373. The van der Waals surface area contributed by atoms with Crippen molar-refractivity contribution in [3.63, 3.8) is 0 Å². The average Bonchev–Trinajstić information content (AvgIpc) is 2.52. The van der Waals surface area contributed by atoms with Gasteiger partial charge in [-0.25, -0.2) is 4.79 Å². The summed E-state index contributed by atoms with van der Waals surface area (Å²) in [5, 5.41) is 17.5. The Morgan fingerprint density at radius 3 is 2.62 bits per heavy atom. The molecule has 0 atom stereocenters. The summed E-state index contributed by atoms with van der Waals surface area (Å²) in [6.07, 6.45) is 0. The van der Waals surface area contributed by atoms with Crippen LogP contribution in [-0.2, 0) is 5.41 Å². The van der Waals surface area contributed by atoms with E-state index in [0.717, 1.165) is 16.2 Å². The first-order valence-corrected chi connectivity index (χ1v) is 4.54. The number of carboxylic acid groups (broad SMARTS) is 1. The fourth-order valence-electron chi connectivity index (χ4n) is 0.844. The molecule has 0 aliphatic heterocycles. The van der Waals surface area contributed by atoms with Crippen LogP contribution in [0.25, 0.3) is 0 Å². The lowest BCUT2D eigenvalue weighted by atomic mass is 9.94. The molecule has 1 heterocycles. The molecular weight excluding hydrogens is 186 g/mol. The average molecular weight is 195 g/mol. The number of hydrogen-bond donors (Lipinski definition) is 1. The molecule has 0 saturated heterocycles. The number of nitrogens with zero attached hydrogens (tertiary/aromatic N) is 1. The molecule has 0 amide bonds. The Kier molecular flexibility index (Phi) is 2.39. The predicted molar refractivity (Wildman–Crippen MR) is 49.9 cm³/mol. The first kappa shape index (κ1) is 9.75. The summed E-state index contributed by atoms with van der Waals surface area (Å²) >= 11 is 1.15. The monoisotopic (exact) mass is 195 g/mol. The maximum Gasteiger partial charge on any atom is 0.345 e. The highest BCUT2D eigenvalue weighted by atomic mass is 32.1. The van der Waals surface area contributed by atoms with Crippen LogP contribution in [0, 0.1) is 11.3 Å². The minimum Gasteiger partial charge on any atom is -0.477 e. The van der Waals surface area contributed by atoms with Crippen LogP contribution < -0.4 is 0 Å². The predicted octanol–water partition coefficient (Wildman–Crippen LogP) is 2.25. The second-order valence-corrected chi connectivity index (χ2v) is 4.29. The summed E-state index contributed by atoms with van der Waals surface area (Å²) in [5.41, 5.74) is -0.599. The molecule has 0 unspecified atom stereocenters. The van der Waals surface area contributed by atoms with Gasteiger partial charge in [-0.3, -0.25) is 0 Å². The minimum atomic E-state index is -0.940. The van der Waals surface area contributed by atoms with Crippen LogP contribution in [0.5, 0.6) is 0 Å². The topological polar surface area (TPSA) is 61.1 Å². The zero-order valence-electron chi connectivity index (χ0n) is 7.37. The van der Waals surface area contributed by atoms with Gasteiger partial charge in [0.15, 0.2) is 0 Å². The van der Waals surface area contributed by atoms with Crippen LogP contribution >= 0.6 is 11.3 Å². The number of hydrogen-bond acceptors (Lipinski definition) is 3. The molecular formula is C9H9NO2S. The van der Waals surface area contributed by atoms with E-state index in [1.165, 1.54) is 6.07 Å². The van der Waals surface area contributed by atoms with E-state index in [0.29, 0.717) is 0 Å². The van der Waals surface area contributed by atoms with Crippen molar-refractivity contribution in [2.24, 2.45) is 0 Å². The lowest BCUT2D eigenvalue weighted by Gasteiger charge is -2.11. The normalized spacial score (nSPS) is 10.8. The fourth-order valence-corrected chi connectivity index (χ4v) is 1.74. The van der Waals surface area contributed by atoms with Crippen LogP contribution in [0.4, 0.5) is 0 Å². The molecule has 68 valence electrons. The zero-order chi connectivity index (χ0) is 10.1. The maximum absolute atomic E-state index is 10.6. The molecule has 1 aromatic rings. The largest absolute Gasteiger partial charge is 0.477 e.